The molecule has 1 heterocycles. The lowest BCUT2D eigenvalue weighted by Gasteiger charge is -2.21. The molecule has 1 aromatic carbocycles. The third kappa shape index (κ3) is 2.82. The molecule has 7 heteroatoms. The molecule has 0 fully saturated rings. The first kappa shape index (κ1) is 15.2. The van der Waals surface area contributed by atoms with E-state index in [1.807, 2.05) is 6.92 Å². The van der Waals surface area contributed by atoms with E-state index in [0.717, 1.165) is 0 Å². The predicted octanol–water partition coefficient (Wildman–Crippen LogP) is 1.80. The van der Waals surface area contributed by atoms with E-state index in [1.165, 1.54) is 21.3 Å². The van der Waals surface area contributed by atoms with Crippen molar-refractivity contribution in [3.8, 4) is 0 Å². The summed E-state index contributed by atoms with van der Waals surface area (Å²) in [6.07, 6.45) is 0.984. The van der Waals surface area contributed by atoms with Gasteiger partial charge in [0.1, 0.15) is 0 Å². The van der Waals surface area contributed by atoms with Crippen molar-refractivity contribution in [2.75, 3.05) is 0 Å². The van der Waals surface area contributed by atoms with Crippen LogP contribution in [0.2, 0.25) is 0 Å². The van der Waals surface area contributed by atoms with Gasteiger partial charge in [-0.3, -0.25) is 19.2 Å². The molecule has 7 nitrogen and oxygen atoms in total. The molecule has 0 aliphatic heterocycles. The van der Waals surface area contributed by atoms with Gasteiger partial charge in [-0.05, 0) is 25.8 Å². The number of non-ortho nitro benzene ring substituents is 1. The van der Waals surface area contributed by atoms with Gasteiger partial charge in [-0.15, -0.1) is 0 Å². The van der Waals surface area contributed by atoms with Gasteiger partial charge < -0.3 is 5.11 Å². The maximum Gasteiger partial charge on any atom is 0.328 e. The van der Waals surface area contributed by atoms with E-state index in [1.54, 1.807) is 20.0 Å². The number of fused-ring (bicyclic) bond motifs is 1. The minimum Gasteiger partial charge on any atom is -0.390 e. The molecule has 21 heavy (non-hydrogen) atoms. The highest BCUT2D eigenvalue weighted by molar-refractivity contribution is 5.78. The smallest absolute Gasteiger partial charge is 0.328 e. The van der Waals surface area contributed by atoms with E-state index >= 15 is 0 Å². The maximum atomic E-state index is 12.2. The van der Waals surface area contributed by atoms with Crippen LogP contribution in [0.4, 0.5) is 5.69 Å². The molecule has 0 saturated carbocycles. The summed E-state index contributed by atoms with van der Waals surface area (Å²) in [5.41, 5.74) is 0.00864. The van der Waals surface area contributed by atoms with Gasteiger partial charge in [-0.2, -0.15) is 0 Å². The van der Waals surface area contributed by atoms with Crippen LogP contribution in [0, 0.1) is 10.1 Å². The maximum absolute atomic E-state index is 12.2. The van der Waals surface area contributed by atoms with Crippen molar-refractivity contribution < 1.29 is 10.0 Å². The molecular formula is C14H19N3O4. The van der Waals surface area contributed by atoms with Gasteiger partial charge in [0.15, 0.2) is 0 Å². The molecule has 1 atom stereocenters. The van der Waals surface area contributed by atoms with Crippen molar-refractivity contribution in [3.05, 3.63) is 38.8 Å². The van der Waals surface area contributed by atoms with Gasteiger partial charge >= 0.3 is 5.69 Å². The average Bonchev–Trinajstić information content (AvgIpc) is 2.68. The van der Waals surface area contributed by atoms with E-state index in [9.17, 15) is 20.0 Å². The van der Waals surface area contributed by atoms with Gasteiger partial charge in [0, 0.05) is 25.7 Å². The topological polar surface area (TPSA) is 90.3 Å². The number of aryl methyl sites for hydroxylation is 2. The molecule has 1 aromatic heterocycles. The molecule has 114 valence electrons. The zero-order valence-electron chi connectivity index (χ0n) is 12.4. The van der Waals surface area contributed by atoms with Gasteiger partial charge in [-0.25, -0.2) is 4.79 Å². The number of nitro benzene ring substituents is 1. The first-order valence-electron chi connectivity index (χ1n) is 6.83. The van der Waals surface area contributed by atoms with Gasteiger partial charge in [0.2, 0.25) is 0 Å². The number of imidazole rings is 1. The van der Waals surface area contributed by atoms with E-state index < -0.39 is 10.5 Å². The van der Waals surface area contributed by atoms with Crippen molar-refractivity contribution in [3.63, 3.8) is 0 Å². The third-order valence-corrected chi connectivity index (χ3v) is 3.98. The molecule has 0 bridgehead atoms. The number of aliphatic hydroxyl groups is 1. The van der Waals surface area contributed by atoms with Crippen molar-refractivity contribution in [1.29, 1.82) is 0 Å². The molecule has 0 spiro atoms. The molecule has 0 aliphatic carbocycles. The van der Waals surface area contributed by atoms with Crippen LogP contribution in [-0.4, -0.2) is 24.8 Å². The second-order valence-corrected chi connectivity index (χ2v) is 5.52. The van der Waals surface area contributed by atoms with Crippen LogP contribution >= 0.6 is 0 Å². The number of aromatic nitrogens is 2. The Morgan fingerprint density at radius 2 is 2.05 bits per heavy atom. The minimum absolute atomic E-state index is 0.0518. The van der Waals surface area contributed by atoms with Crippen molar-refractivity contribution in [2.45, 2.75) is 38.8 Å². The Hall–Kier alpha value is -2.15. The summed E-state index contributed by atoms with van der Waals surface area (Å²) in [4.78, 5) is 22.6. The van der Waals surface area contributed by atoms with Crippen LogP contribution in [0.1, 0.15) is 26.7 Å². The fourth-order valence-electron chi connectivity index (χ4n) is 2.26. The van der Waals surface area contributed by atoms with Crippen LogP contribution < -0.4 is 5.69 Å². The predicted molar refractivity (Wildman–Crippen MR) is 79.4 cm³/mol. The largest absolute Gasteiger partial charge is 0.390 e. The Balaban J connectivity index is 2.51. The van der Waals surface area contributed by atoms with Crippen molar-refractivity contribution in [1.82, 2.24) is 9.13 Å². The van der Waals surface area contributed by atoms with Crippen LogP contribution in [0.15, 0.2) is 23.0 Å². The molecule has 2 rings (SSSR count). The standard InChI is InChI=1S/C14H19N3O4/c1-4-14(2,19)7-8-16-12-9-10(17(20)21)5-6-11(12)15(3)13(16)18/h5-6,9,19H,4,7-8H2,1-3H3. The minimum atomic E-state index is -0.859. The number of nitro groups is 1. The summed E-state index contributed by atoms with van der Waals surface area (Å²) >= 11 is 0. The quantitative estimate of drug-likeness (QED) is 0.672. The second kappa shape index (κ2) is 5.33. The molecule has 1 N–H and O–H groups in total. The highest BCUT2D eigenvalue weighted by Crippen LogP contribution is 2.21. The molecule has 0 radical (unpaired) electrons. The molecular weight excluding hydrogens is 274 g/mol. The summed E-state index contributed by atoms with van der Waals surface area (Å²) < 4.78 is 2.94. The summed E-state index contributed by atoms with van der Waals surface area (Å²) in [5.74, 6) is 0. The number of hydrogen-bond donors (Lipinski definition) is 1. The highest BCUT2D eigenvalue weighted by Gasteiger charge is 2.20. The SMILES string of the molecule is CCC(C)(O)CCn1c(=O)n(C)c2ccc([N+](=O)[O-])cc21. The molecule has 0 amide bonds. The number of nitrogens with zero attached hydrogens (tertiary/aromatic N) is 3. The Kier molecular flexibility index (Phi) is 3.87. The lowest BCUT2D eigenvalue weighted by atomic mass is 9.99. The summed E-state index contributed by atoms with van der Waals surface area (Å²) in [6, 6.07) is 4.36. The van der Waals surface area contributed by atoms with Gasteiger partial charge in [0.05, 0.1) is 21.6 Å². The van der Waals surface area contributed by atoms with E-state index in [0.29, 0.717) is 30.4 Å². The monoisotopic (exact) mass is 293 g/mol. The van der Waals surface area contributed by atoms with Crippen LogP contribution in [-0.2, 0) is 13.6 Å². The first-order valence-corrected chi connectivity index (χ1v) is 6.83. The summed E-state index contributed by atoms with van der Waals surface area (Å²) in [7, 11) is 1.63. The van der Waals surface area contributed by atoms with Gasteiger partial charge in [-0.1, -0.05) is 6.92 Å². The zero-order chi connectivity index (χ0) is 15.8. The molecule has 1 unspecified atom stereocenters. The molecule has 0 aliphatic rings. The van der Waals surface area contributed by atoms with Gasteiger partial charge in [0.25, 0.3) is 5.69 Å². The molecule has 2 aromatic rings. The fourth-order valence-corrected chi connectivity index (χ4v) is 2.26. The first-order chi connectivity index (χ1) is 9.76. The lowest BCUT2D eigenvalue weighted by molar-refractivity contribution is -0.384. The van der Waals surface area contributed by atoms with Crippen molar-refractivity contribution >= 4 is 16.7 Å². The van der Waals surface area contributed by atoms with Crippen LogP contribution in [0.3, 0.4) is 0 Å². The Bertz CT molecular complexity index is 742. The highest BCUT2D eigenvalue weighted by atomic mass is 16.6. The lowest BCUT2D eigenvalue weighted by Crippen LogP contribution is -2.29. The van der Waals surface area contributed by atoms with Crippen LogP contribution in [0.25, 0.3) is 11.0 Å². The number of hydrogen-bond acceptors (Lipinski definition) is 4. The number of rotatable bonds is 5. The average molecular weight is 293 g/mol. The summed E-state index contributed by atoms with van der Waals surface area (Å²) in [6.45, 7) is 3.90. The zero-order valence-corrected chi connectivity index (χ0v) is 12.4. The van der Waals surface area contributed by atoms with Crippen molar-refractivity contribution in [2.24, 2.45) is 7.05 Å². The Labute approximate surface area is 121 Å². The van der Waals surface area contributed by atoms with E-state index in [4.69, 9.17) is 0 Å². The Morgan fingerprint density at radius 1 is 1.38 bits per heavy atom. The van der Waals surface area contributed by atoms with E-state index in [2.05, 4.69) is 0 Å². The normalized spacial score (nSPS) is 14.3. The fraction of sp³-hybridized carbons (Fsp3) is 0.500. The molecule has 0 saturated heterocycles. The number of benzene rings is 1. The van der Waals surface area contributed by atoms with Crippen LogP contribution in [0.5, 0.6) is 0 Å². The summed E-state index contributed by atoms with van der Waals surface area (Å²) in [5, 5.41) is 20.9. The third-order valence-electron chi connectivity index (χ3n) is 3.98. The second-order valence-electron chi connectivity index (χ2n) is 5.52. The Morgan fingerprint density at radius 3 is 2.62 bits per heavy atom. The van der Waals surface area contributed by atoms with E-state index in [-0.39, 0.29) is 11.4 Å².